The van der Waals surface area contributed by atoms with Gasteiger partial charge >= 0.3 is 7.60 Å². The van der Waals surface area contributed by atoms with Gasteiger partial charge in [-0.3, -0.25) is 4.57 Å². The predicted molar refractivity (Wildman–Crippen MR) is 146 cm³/mol. The van der Waals surface area contributed by atoms with Crippen LogP contribution in [0.4, 0.5) is 0 Å². The van der Waals surface area contributed by atoms with Crippen LogP contribution in [0.25, 0.3) is 0 Å². The first-order valence-electron chi connectivity index (χ1n) is 14.1. The number of hydrogen-bond donors (Lipinski definition) is 1. The number of allylic oxidation sites excluding steroid dienone is 2. The summed E-state index contributed by atoms with van der Waals surface area (Å²) < 4.78 is 18.3. The van der Waals surface area contributed by atoms with Gasteiger partial charge in [0.1, 0.15) is 5.66 Å². The van der Waals surface area contributed by atoms with Crippen LogP contribution in [0.1, 0.15) is 129 Å². The molecule has 0 heterocycles. The third-order valence-electron chi connectivity index (χ3n) is 6.30. The lowest BCUT2D eigenvalue weighted by molar-refractivity contribution is -0.869. The molecule has 2 atom stereocenters. The minimum Gasteiger partial charge on any atom is -0.330 e. The van der Waals surface area contributed by atoms with Crippen molar-refractivity contribution in [2.24, 2.45) is 0 Å². The minimum absolute atomic E-state index is 0.323. The third kappa shape index (κ3) is 23.4. The molecule has 33 heavy (non-hydrogen) atoms. The van der Waals surface area contributed by atoms with Crippen LogP contribution in [0.2, 0.25) is 0 Å². The fourth-order valence-corrected chi connectivity index (χ4v) is 5.62. The second-order valence-electron chi connectivity index (χ2n) is 11.1. The van der Waals surface area contributed by atoms with Crippen LogP contribution in [-0.4, -0.2) is 49.3 Å². The van der Waals surface area contributed by atoms with Gasteiger partial charge in [0.2, 0.25) is 0 Å². The quantitative estimate of drug-likeness (QED) is 0.0638. The molecule has 1 N–H and O–H groups in total. The lowest BCUT2D eigenvalue weighted by atomic mass is 10.1. The highest BCUT2D eigenvalue weighted by Gasteiger charge is 2.32. The second-order valence-corrected chi connectivity index (χ2v) is 13.3. The van der Waals surface area contributed by atoms with Crippen molar-refractivity contribution in [3.05, 3.63) is 12.2 Å². The van der Waals surface area contributed by atoms with Gasteiger partial charge in [-0.15, -0.1) is 0 Å². The SMILES string of the molecule is CCCCCCCCCCC/C=C\CCCCCCCCCOP(=O)(O)C(C)C[N+](C)(C)C. The van der Waals surface area contributed by atoms with Crippen LogP contribution >= 0.6 is 7.60 Å². The van der Waals surface area contributed by atoms with E-state index in [0.717, 1.165) is 12.8 Å². The summed E-state index contributed by atoms with van der Waals surface area (Å²) in [7, 11) is 2.60. The van der Waals surface area contributed by atoms with E-state index >= 15 is 0 Å². The maximum atomic E-state index is 12.3. The zero-order valence-electron chi connectivity index (χ0n) is 23.0. The number of nitrogens with zero attached hydrogens (tertiary/aromatic N) is 1. The van der Waals surface area contributed by atoms with E-state index in [1.54, 1.807) is 0 Å². The molecule has 0 radical (unpaired) electrons. The number of rotatable bonds is 24. The molecule has 0 aromatic heterocycles. The van der Waals surface area contributed by atoms with Gasteiger partial charge in [0.15, 0.2) is 0 Å². The molecule has 5 heteroatoms. The molecule has 0 aliphatic carbocycles. The molecule has 0 rings (SSSR count). The highest BCUT2D eigenvalue weighted by molar-refractivity contribution is 7.53. The third-order valence-corrected chi connectivity index (χ3v) is 8.13. The van der Waals surface area contributed by atoms with Crippen LogP contribution in [0.5, 0.6) is 0 Å². The number of quaternary nitrogens is 1. The Morgan fingerprint density at radius 2 is 1.12 bits per heavy atom. The Balaban J connectivity index is 3.39. The van der Waals surface area contributed by atoms with Crippen molar-refractivity contribution < 1.29 is 18.5 Å². The zero-order valence-corrected chi connectivity index (χ0v) is 23.9. The summed E-state index contributed by atoms with van der Waals surface area (Å²) in [6.45, 7) is 5.14. The van der Waals surface area contributed by atoms with Crippen molar-refractivity contribution in [2.75, 3.05) is 34.3 Å². The lowest BCUT2D eigenvalue weighted by Crippen LogP contribution is -2.40. The van der Waals surface area contributed by atoms with E-state index in [2.05, 4.69) is 19.1 Å². The molecule has 0 saturated carbocycles. The van der Waals surface area contributed by atoms with E-state index in [1.165, 1.54) is 103 Å². The first-order valence-corrected chi connectivity index (χ1v) is 15.8. The van der Waals surface area contributed by atoms with Gasteiger partial charge in [-0.25, -0.2) is 0 Å². The summed E-state index contributed by atoms with van der Waals surface area (Å²) in [4.78, 5) is 10.1. The highest BCUT2D eigenvalue weighted by Crippen LogP contribution is 2.47. The second kappa shape index (κ2) is 21.2. The Bertz CT molecular complexity index is 502. The molecule has 0 bridgehead atoms. The smallest absolute Gasteiger partial charge is 0.330 e. The van der Waals surface area contributed by atoms with Gasteiger partial charge in [0, 0.05) is 0 Å². The van der Waals surface area contributed by atoms with Crippen LogP contribution < -0.4 is 0 Å². The van der Waals surface area contributed by atoms with Crippen molar-refractivity contribution in [1.82, 2.24) is 0 Å². The first kappa shape index (κ1) is 32.8. The first-order chi connectivity index (χ1) is 15.7. The summed E-state index contributed by atoms with van der Waals surface area (Å²) in [5, 5.41) is 0. The summed E-state index contributed by atoms with van der Waals surface area (Å²) in [6, 6.07) is 0. The standard InChI is InChI=1S/C28H58NO3P/c1-6-7-8-9-10-11-12-13-14-15-16-17-18-19-20-21-22-23-24-25-26-32-33(30,31)28(2)27-29(3,4)5/h16-17,28H,6-15,18-27H2,1-5H3/p+1/b17-16-. The molecule has 0 aromatic rings. The monoisotopic (exact) mass is 488 g/mol. The van der Waals surface area contributed by atoms with Crippen molar-refractivity contribution in [1.29, 1.82) is 0 Å². The maximum Gasteiger partial charge on any atom is 0.336 e. The summed E-state index contributed by atoms with van der Waals surface area (Å²) >= 11 is 0. The van der Waals surface area contributed by atoms with Crippen molar-refractivity contribution in [2.45, 2.75) is 135 Å². The van der Waals surface area contributed by atoms with Crippen molar-refractivity contribution >= 4 is 7.60 Å². The summed E-state index contributed by atoms with van der Waals surface area (Å²) in [6.07, 6.45) is 28.2. The molecule has 0 spiro atoms. The van der Waals surface area contributed by atoms with E-state index in [-0.39, 0.29) is 5.66 Å². The Labute approximate surface area is 207 Å². The van der Waals surface area contributed by atoms with E-state index < -0.39 is 7.60 Å². The van der Waals surface area contributed by atoms with Crippen LogP contribution in [0, 0.1) is 0 Å². The molecule has 0 aliphatic heterocycles. The van der Waals surface area contributed by atoms with Gasteiger partial charge < -0.3 is 13.9 Å². The molecular weight excluding hydrogens is 429 g/mol. The predicted octanol–water partition coefficient (Wildman–Crippen LogP) is 8.88. The molecular formula is C28H59NO3P+. The van der Waals surface area contributed by atoms with Crippen LogP contribution in [0.15, 0.2) is 12.2 Å². The number of unbranched alkanes of at least 4 members (excludes halogenated alkanes) is 16. The zero-order chi connectivity index (χ0) is 24.8. The van der Waals surface area contributed by atoms with Gasteiger partial charge in [-0.2, -0.15) is 0 Å². The van der Waals surface area contributed by atoms with E-state index in [1.807, 2.05) is 28.1 Å². The molecule has 0 aromatic carbocycles. The highest BCUT2D eigenvalue weighted by atomic mass is 31.2. The number of hydrogen-bond acceptors (Lipinski definition) is 2. The topological polar surface area (TPSA) is 46.5 Å². The summed E-state index contributed by atoms with van der Waals surface area (Å²) in [5.41, 5.74) is -0.323. The van der Waals surface area contributed by atoms with Crippen LogP contribution in [0.3, 0.4) is 0 Å². The van der Waals surface area contributed by atoms with E-state index in [9.17, 15) is 9.46 Å². The fourth-order valence-electron chi connectivity index (χ4n) is 4.28. The fraction of sp³-hybridized carbons (Fsp3) is 0.929. The van der Waals surface area contributed by atoms with Crippen LogP contribution in [-0.2, 0) is 9.09 Å². The molecule has 0 aliphatic rings. The minimum atomic E-state index is -3.50. The molecule has 2 unspecified atom stereocenters. The Hall–Kier alpha value is -0.150. The van der Waals surface area contributed by atoms with Gasteiger partial charge in [0.25, 0.3) is 0 Å². The Morgan fingerprint density at radius 1 is 0.727 bits per heavy atom. The van der Waals surface area contributed by atoms with Crippen molar-refractivity contribution in [3.8, 4) is 0 Å². The molecule has 0 fully saturated rings. The summed E-state index contributed by atoms with van der Waals surface area (Å²) in [5.74, 6) is 0. The largest absolute Gasteiger partial charge is 0.336 e. The molecule has 0 amide bonds. The molecule has 4 nitrogen and oxygen atoms in total. The lowest BCUT2D eigenvalue weighted by Gasteiger charge is -2.29. The van der Waals surface area contributed by atoms with Gasteiger partial charge in [-0.1, -0.05) is 103 Å². The normalized spacial score (nSPS) is 15.2. The van der Waals surface area contributed by atoms with E-state index in [4.69, 9.17) is 4.52 Å². The molecule has 198 valence electrons. The van der Waals surface area contributed by atoms with Gasteiger partial charge in [-0.05, 0) is 39.0 Å². The molecule has 0 saturated heterocycles. The van der Waals surface area contributed by atoms with E-state index in [0.29, 0.717) is 17.6 Å². The average molecular weight is 489 g/mol. The van der Waals surface area contributed by atoms with Crippen molar-refractivity contribution in [3.63, 3.8) is 0 Å². The Kier molecular flexibility index (Phi) is 21.1. The Morgan fingerprint density at radius 3 is 1.55 bits per heavy atom. The average Bonchev–Trinajstić information content (AvgIpc) is 2.73. The van der Waals surface area contributed by atoms with Gasteiger partial charge in [0.05, 0.1) is 34.3 Å². The maximum absolute atomic E-state index is 12.3.